The molecule has 0 aliphatic carbocycles. The summed E-state index contributed by atoms with van der Waals surface area (Å²) in [4.78, 5) is 26.7. The summed E-state index contributed by atoms with van der Waals surface area (Å²) < 4.78 is 40.2. The molecular formula is C25H28IN5O6S. The lowest BCUT2D eigenvalue weighted by Crippen LogP contribution is -2.31. The number of amides is 2. The zero-order valence-corrected chi connectivity index (χ0v) is 23.9. The topological polar surface area (TPSA) is 154 Å². The number of nitrogens with one attached hydrogen (secondary N) is 3. The largest absolute Gasteiger partial charge is 0.375 e. The summed E-state index contributed by atoms with van der Waals surface area (Å²) in [7, 11) is -2.48. The molecule has 0 aliphatic rings. The number of nitriles is 1. The van der Waals surface area contributed by atoms with Crippen molar-refractivity contribution in [1.29, 1.82) is 5.26 Å². The standard InChI is InChI=1S/C25H28IN5O6S/c1-3-18-6-9-21(25-24(18)19(12-27)13-29-25)30-38(34,35)20-7-4-17(5-8-20)14-31(26)23(33)16-37-11-10-28-22(32)15-36-2/h4-9,13,29-30H,3,10-11,14-16H2,1-2H3,(H,28,32). The number of aryl methyl sites for hydroxylation is 1. The van der Waals surface area contributed by atoms with E-state index in [1.165, 1.54) is 22.4 Å². The van der Waals surface area contributed by atoms with E-state index >= 15 is 0 Å². The van der Waals surface area contributed by atoms with Gasteiger partial charge in [0.1, 0.15) is 19.3 Å². The Labute approximate surface area is 235 Å². The minimum atomic E-state index is -3.90. The Morgan fingerprint density at radius 1 is 1.16 bits per heavy atom. The molecule has 0 bridgehead atoms. The number of halogens is 1. The normalized spacial score (nSPS) is 11.2. The highest BCUT2D eigenvalue weighted by Gasteiger charge is 2.19. The number of anilines is 1. The average Bonchev–Trinajstić information content (AvgIpc) is 3.34. The van der Waals surface area contributed by atoms with Crippen LogP contribution in [0.1, 0.15) is 23.6 Å². The van der Waals surface area contributed by atoms with Gasteiger partial charge in [-0.1, -0.05) is 25.1 Å². The maximum absolute atomic E-state index is 13.1. The van der Waals surface area contributed by atoms with Gasteiger partial charge in [-0.2, -0.15) is 5.26 Å². The van der Waals surface area contributed by atoms with Crippen LogP contribution in [0.15, 0.2) is 47.5 Å². The van der Waals surface area contributed by atoms with Crippen molar-refractivity contribution in [3.63, 3.8) is 0 Å². The number of H-pyrrole nitrogens is 1. The molecule has 1 heterocycles. The van der Waals surface area contributed by atoms with E-state index in [1.54, 1.807) is 24.4 Å². The summed E-state index contributed by atoms with van der Waals surface area (Å²) in [6, 6.07) is 11.8. The van der Waals surface area contributed by atoms with Crippen LogP contribution in [-0.2, 0) is 42.1 Å². The van der Waals surface area contributed by atoms with E-state index in [1.807, 2.05) is 35.9 Å². The van der Waals surface area contributed by atoms with Gasteiger partial charge in [0, 0.05) is 25.2 Å². The van der Waals surface area contributed by atoms with Crippen molar-refractivity contribution in [1.82, 2.24) is 13.4 Å². The number of nitrogens with zero attached hydrogens (tertiary/aromatic N) is 2. The van der Waals surface area contributed by atoms with Crippen molar-refractivity contribution in [2.45, 2.75) is 24.8 Å². The molecule has 0 saturated heterocycles. The van der Waals surface area contributed by atoms with Gasteiger partial charge >= 0.3 is 0 Å². The summed E-state index contributed by atoms with van der Waals surface area (Å²) in [5.74, 6) is -0.534. The lowest BCUT2D eigenvalue weighted by molar-refractivity contribution is -0.130. The summed E-state index contributed by atoms with van der Waals surface area (Å²) in [5, 5.41) is 12.7. The number of carbonyl (C=O) groups is 2. The second-order valence-electron chi connectivity index (χ2n) is 8.19. The Hall–Kier alpha value is -3.19. The monoisotopic (exact) mass is 653 g/mol. The van der Waals surface area contributed by atoms with E-state index in [0.717, 1.165) is 11.1 Å². The maximum Gasteiger partial charge on any atom is 0.261 e. The minimum absolute atomic E-state index is 0.0392. The molecule has 0 saturated carbocycles. The summed E-state index contributed by atoms with van der Waals surface area (Å²) >= 11 is 1.87. The van der Waals surface area contributed by atoms with Gasteiger partial charge in [0.05, 0.1) is 57.7 Å². The number of hydrogen-bond acceptors (Lipinski definition) is 7. The Morgan fingerprint density at radius 3 is 2.55 bits per heavy atom. The van der Waals surface area contributed by atoms with Gasteiger partial charge in [-0.3, -0.25) is 17.4 Å². The van der Waals surface area contributed by atoms with Crippen molar-refractivity contribution in [3.8, 4) is 6.07 Å². The van der Waals surface area contributed by atoms with Crippen LogP contribution >= 0.6 is 22.9 Å². The molecule has 2 aromatic carbocycles. The number of methoxy groups -OCH3 is 1. The molecule has 3 N–H and O–H groups in total. The van der Waals surface area contributed by atoms with Crippen LogP contribution in [0.4, 0.5) is 5.69 Å². The van der Waals surface area contributed by atoms with Gasteiger partial charge in [-0.05, 0) is 35.7 Å². The highest BCUT2D eigenvalue weighted by Crippen LogP contribution is 2.30. The number of rotatable bonds is 13. The van der Waals surface area contributed by atoms with Crippen molar-refractivity contribution in [2.75, 3.05) is 38.2 Å². The van der Waals surface area contributed by atoms with Gasteiger partial charge in [-0.15, -0.1) is 0 Å². The lowest BCUT2D eigenvalue weighted by Gasteiger charge is -2.16. The fourth-order valence-electron chi connectivity index (χ4n) is 3.69. The zero-order valence-electron chi connectivity index (χ0n) is 20.9. The van der Waals surface area contributed by atoms with Crippen molar-refractivity contribution >= 4 is 61.3 Å². The Morgan fingerprint density at radius 2 is 1.89 bits per heavy atom. The molecule has 0 fully saturated rings. The van der Waals surface area contributed by atoms with Crippen molar-refractivity contribution in [2.24, 2.45) is 0 Å². The molecule has 3 rings (SSSR count). The van der Waals surface area contributed by atoms with E-state index < -0.39 is 10.0 Å². The Bertz CT molecular complexity index is 1430. The minimum Gasteiger partial charge on any atom is -0.375 e. The number of fused-ring (bicyclic) bond motifs is 1. The van der Waals surface area contributed by atoms with Crippen LogP contribution in [0.25, 0.3) is 10.9 Å². The van der Waals surface area contributed by atoms with Gasteiger partial charge in [-0.25, -0.2) is 8.42 Å². The molecule has 11 nitrogen and oxygen atoms in total. The highest BCUT2D eigenvalue weighted by atomic mass is 127. The van der Waals surface area contributed by atoms with E-state index in [4.69, 9.17) is 9.47 Å². The van der Waals surface area contributed by atoms with Gasteiger partial charge in [0.25, 0.3) is 15.9 Å². The molecule has 13 heteroatoms. The number of carbonyl (C=O) groups excluding carboxylic acids is 2. The predicted octanol–water partition coefficient (Wildman–Crippen LogP) is 2.86. The number of benzene rings is 2. The molecule has 0 radical (unpaired) electrons. The highest BCUT2D eigenvalue weighted by molar-refractivity contribution is 14.1. The summed E-state index contributed by atoms with van der Waals surface area (Å²) in [5.41, 5.74) is 3.04. The van der Waals surface area contributed by atoms with Crippen LogP contribution < -0.4 is 10.0 Å². The lowest BCUT2D eigenvalue weighted by atomic mass is 10.0. The smallest absolute Gasteiger partial charge is 0.261 e. The fourth-order valence-corrected chi connectivity index (χ4v) is 5.29. The molecule has 1 aromatic heterocycles. The predicted molar refractivity (Wildman–Crippen MR) is 150 cm³/mol. The number of sulfonamides is 1. The molecule has 2 amide bonds. The third kappa shape index (κ3) is 7.44. The third-order valence-electron chi connectivity index (χ3n) is 5.56. The first-order valence-corrected chi connectivity index (χ1v) is 14.1. The molecule has 0 aliphatic heterocycles. The van der Waals surface area contributed by atoms with Crippen molar-refractivity contribution < 1.29 is 27.5 Å². The van der Waals surface area contributed by atoms with Gasteiger partial charge < -0.3 is 19.8 Å². The van der Waals surface area contributed by atoms with Crippen LogP contribution in [0.2, 0.25) is 0 Å². The first kappa shape index (κ1) is 29.4. The summed E-state index contributed by atoms with van der Waals surface area (Å²) in [6.07, 6.45) is 2.27. The van der Waals surface area contributed by atoms with Crippen LogP contribution in [0.3, 0.4) is 0 Å². The summed E-state index contributed by atoms with van der Waals surface area (Å²) in [6.45, 7) is 2.47. The van der Waals surface area contributed by atoms with E-state index in [9.17, 15) is 23.3 Å². The third-order valence-corrected chi connectivity index (χ3v) is 7.82. The van der Waals surface area contributed by atoms with E-state index in [-0.39, 0.29) is 49.6 Å². The number of aromatic amines is 1. The zero-order chi connectivity index (χ0) is 27.7. The van der Waals surface area contributed by atoms with E-state index in [2.05, 4.69) is 21.1 Å². The number of aromatic nitrogens is 1. The first-order valence-electron chi connectivity index (χ1n) is 11.6. The number of ether oxygens (including phenoxy) is 2. The Kier molecular flexibility index (Phi) is 10.5. The average molecular weight is 653 g/mol. The molecule has 202 valence electrons. The Balaban J connectivity index is 1.59. The van der Waals surface area contributed by atoms with Crippen LogP contribution in [-0.4, -0.2) is 61.8 Å². The van der Waals surface area contributed by atoms with Crippen molar-refractivity contribution in [3.05, 3.63) is 59.3 Å². The van der Waals surface area contributed by atoms with E-state index in [0.29, 0.717) is 28.6 Å². The SMILES string of the molecule is CCc1ccc(NS(=O)(=O)c2ccc(CN(I)C(=O)COCCNC(=O)COC)cc2)c2[nH]cc(C#N)c12. The molecule has 38 heavy (non-hydrogen) atoms. The second-order valence-corrected chi connectivity index (χ2v) is 11.0. The fraction of sp³-hybridized carbons (Fsp3) is 0.320. The molecular weight excluding hydrogens is 625 g/mol. The second kappa shape index (κ2) is 13.6. The molecule has 3 aromatic rings. The molecule has 0 atom stereocenters. The van der Waals surface area contributed by atoms with Gasteiger partial charge in [0.15, 0.2) is 0 Å². The molecule has 0 spiro atoms. The van der Waals surface area contributed by atoms with Crippen LogP contribution in [0, 0.1) is 11.3 Å². The van der Waals surface area contributed by atoms with Crippen LogP contribution in [0.5, 0.6) is 0 Å². The first-order chi connectivity index (χ1) is 18.2. The molecule has 0 unspecified atom stereocenters. The van der Waals surface area contributed by atoms with Gasteiger partial charge in [0.2, 0.25) is 5.91 Å². The quantitative estimate of drug-likeness (QED) is 0.146. The number of hydrogen-bond donors (Lipinski definition) is 3. The maximum atomic E-state index is 13.1.